The van der Waals surface area contributed by atoms with Crippen LogP contribution in [0.4, 0.5) is 10.1 Å². The molecule has 1 aliphatic carbocycles. The van der Waals surface area contributed by atoms with E-state index in [1.165, 1.54) is 18.6 Å². The molecule has 0 spiro atoms. The number of amides is 2. The summed E-state index contributed by atoms with van der Waals surface area (Å²) in [5.74, 6) is -0.208. The van der Waals surface area contributed by atoms with Gasteiger partial charge in [-0.1, -0.05) is 19.3 Å². The molecule has 1 aromatic rings. The molecule has 1 heterocycles. The van der Waals surface area contributed by atoms with Gasteiger partial charge in [0, 0.05) is 24.7 Å². The monoisotopic (exact) mass is 332 g/mol. The van der Waals surface area contributed by atoms with E-state index in [0.29, 0.717) is 12.2 Å². The fourth-order valence-electron chi connectivity index (χ4n) is 3.78. The summed E-state index contributed by atoms with van der Waals surface area (Å²) in [6, 6.07) is 5.77. The van der Waals surface area contributed by atoms with Crippen LogP contribution in [0.5, 0.6) is 0 Å². The van der Waals surface area contributed by atoms with Crippen molar-refractivity contribution < 1.29 is 14.0 Å². The van der Waals surface area contributed by atoms with Gasteiger partial charge >= 0.3 is 0 Å². The van der Waals surface area contributed by atoms with Crippen LogP contribution in [-0.4, -0.2) is 29.8 Å². The van der Waals surface area contributed by atoms with E-state index in [4.69, 9.17) is 0 Å². The molecule has 0 aromatic heterocycles. The lowest BCUT2D eigenvalue weighted by molar-refractivity contribution is -0.139. The largest absolute Gasteiger partial charge is 0.342 e. The van der Waals surface area contributed by atoms with Gasteiger partial charge in [-0.3, -0.25) is 9.59 Å². The zero-order chi connectivity index (χ0) is 16.9. The SMILES string of the molecule is O=C(Nc1ccc(F)cc1)[C@H]1CCCN(C(=O)C2CCCCC2)C1. The number of nitrogens with zero attached hydrogens (tertiary/aromatic N) is 1. The van der Waals surface area contributed by atoms with Crippen molar-refractivity contribution in [3.05, 3.63) is 30.1 Å². The highest BCUT2D eigenvalue weighted by molar-refractivity contribution is 5.93. The summed E-state index contributed by atoms with van der Waals surface area (Å²) in [5.41, 5.74) is 0.595. The summed E-state index contributed by atoms with van der Waals surface area (Å²) in [7, 11) is 0. The van der Waals surface area contributed by atoms with Crippen LogP contribution in [0.1, 0.15) is 44.9 Å². The standard InChI is InChI=1S/C19H25FN2O2/c20-16-8-10-17(11-9-16)21-18(23)15-7-4-12-22(13-15)19(24)14-5-2-1-3-6-14/h8-11,14-15H,1-7,12-13H2,(H,21,23)/t15-/m0/s1. The van der Waals surface area contributed by atoms with E-state index < -0.39 is 0 Å². The Kier molecular flexibility index (Phi) is 5.48. The summed E-state index contributed by atoms with van der Waals surface area (Å²) in [6.45, 7) is 1.26. The Hall–Kier alpha value is -1.91. The average Bonchev–Trinajstić information content (AvgIpc) is 2.64. The molecule has 1 atom stereocenters. The van der Waals surface area contributed by atoms with Gasteiger partial charge in [0.2, 0.25) is 11.8 Å². The fraction of sp³-hybridized carbons (Fsp3) is 0.579. The molecule has 0 radical (unpaired) electrons. The van der Waals surface area contributed by atoms with E-state index in [1.807, 2.05) is 4.90 Å². The Labute approximate surface area is 142 Å². The van der Waals surface area contributed by atoms with Crippen LogP contribution >= 0.6 is 0 Å². The first-order valence-corrected chi connectivity index (χ1v) is 8.99. The predicted octanol–water partition coefficient (Wildman–Crippen LogP) is 3.58. The molecular formula is C19H25FN2O2. The number of hydrogen-bond donors (Lipinski definition) is 1. The molecule has 24 heavy (non-hydrogen) atoms. The molecule has 2 fully saturated rings. The number of rotatable bonds is 3. The van der Waals surface area contributed by atoms with E-state index >= 15 is 0 Å². The fourth-order valence-corrected chi connectivity index (χ4v) is 3.78. The van der Waals surface area contributed by atoms with Gasteiger partial charge in [-0.25, -0.2) is 4.39 Å². The molecule has 2 amide bonds. The van der Waals surface area contributed by atoms with Crippen LogP contribution in [-0.2, 0) is 9.59 Å². The van der Waals surface area contributed by atoms with Crippen molar-refractivity contribution >= 4 is 17.5 Å². The summed E-state index contributed by atoms with van der Waals surface area (Å²) >= 11 is 0. The average molecular weight is 332 g/mol. The summed E-state index contributed by atoms with van der Waals surface area (Å²) < 4.78 is 12.9. The van der Waals surface area contributed by atoms with Crippen LogP contribution in [0.2, 0.25) is 0 Å². The summed E-state index contributed by atoms with van der Waals surface area (Å²) in [6.07, 6.45) is 7.13. The third-order valence-corrected chi connectivity index (χ3v) is 5.17. The molecular weight excluding hydrogens is 307 g/mol. The Morgan fingerprint density at radius 2 is 1.62 bits per heavy atom. The number of carbonyl (C=O) groups excluding carboxylic acids is 2. The lowest BCUT2D eigenvalue weighted by atomic mass is 9.87. The second kappa shape index (κ2) is 7.77. The molecule has 1 saturated heterocycles. The van der Waals surface area contributed by atoms with Crippen LogP contribution in [0, 0.1) is 17.7 Å². The van der Waals surface area contributed by atoms with Gasteiger partial charge in [-0.15, -0.1) is 0 Å². The van der Waals surface area contributed by atoms with Gasteiger partial charge in [-0.2, -0.15) is 0 Å². The number of anilines is 1. The first-order valence-electron chi connectivity index (χ1n) is 8.99. The molecule has 1 saturated carbocycles. The molecule has 2 aliphatic rings. The molecule has 3 rings (SSSR count). The Bertz CT molecular complexity index is 582. The maximum Gasteiger partial charge on any atom is 0.229 e. The lowest BCUT2D eigenvalue weighted by Crippen LogP contribution is -2.46. The predicted molar refractivity (Wildman–Crippen MR) is 90.9 cm³/mol. The van der Waals surface area contributed by atoms with Gasteiger partial charge in [0.25, 0.3) is 0 Å². The first-order chi connectivity index (χ1) is 11.6. The van der Waals surface area contributed by atoms with Crippen molar-refractivity contribution in [3.8, 4) is 0 Å². The number of piperidine rings is 1. The van der Waals surface area contributed by atoms with Gasteiger partial charge in [0.15, 0.2) is 0 Å². The number of benzene rings is 1. The molecule has 0 bridgehead atoms. The molecule has 1 aromatic carbocycles. The van der Waals surface area contributed by atoms with Crippen molar-refractivity contribution in [1.29, 1.82) is 0 Å². The quantitative estimate of drug-likeness (QED) is 0.920. The van der Waals surface area contributed by atoms with Crippen molar-refractivity contribution in [3.63, 3.8) is 0 Å². The highest BCUT2D eigenvalue weighted by atomic mass is 19.1. The van der Waals surface area contributed by atoms with Gasteiger partial charge in [0.05, 0.1) is 5.92 Å². The van der Waals surface area contributed by atoms with E-state index in [0.717, 1.165) is 45.1 Å². The zero-order valence-corrected chi connectivity index (χ0v) is 14.0. The maximum absolute atomic E-state index is 12.9. The minimum Gasteiger partial charge on any atom is -0.342 e. The minimum atomic E-state index is -0.324. The third-order valence-electron chi connectivity index (χ3n) is 5.17. The number of carbonyl (C=O) groups is 2. The highest BCUT2D eigenvalue weighted by Crippen LogP contribution is 2.28. The smallest absolute Gasteiger partial charge is 0.229 e. The van der Waals surface area contributed by atoms with Crippen molar-refractivity contribution in [2.75, 3.05) is 18.4 Å². The molecule has 5 heteroatoms. The summed E-state index contributed by atoms with van der Waals surface area (Å²) in [5, 5.41) is 2.83. The number of halogens is 1. The van der Waals surface area contributed by atoms with Crippen LogP contribution < -0.4 is 5.32 Å². The molecule has 1 N–H and O–H groups in total. The second-order valence-electron chi connectivity index (χ2n) is 6.95. The zero-order valence-electron chi connectivity index (χ0n) is 14.0. The van der Waals surface area contributed by atoms with Crippen molar-refractivity contribution in [2.45, 2.75) is 44.9 Å². The number of likely N-dealkylation sites (tertiary alicyclic amines) is 1. The molecule has 4 nitrogen and oxygen atoms in total. The third kappa shape index (κ3) is 4.13. The van der Waals surface area contributed by atoms with Crippen molar-refractivity contribution in [1.82, 2.24) is 4.90 Å². The highest BCUT2D eigenvalue weighted by Gasteiger charge is 2.32. The van der Waals surface area contributed by atoms with Gasteiger partial charge < -0.3 is 10.2 Å². The number of hydrogen-bond acceptors (Lipinski definition) is 2. The van der Waals surface area contributed by atoms with Gasteiger partial charge in [-0.05, 0) is 49.9 Å². The van der Waals surface area contributed by atoms with Crippen LogP contribution in [0.3, 0.4) is 0 Å². The molecule has 1 aliphatic heterocycles. The topological polar surface area (TPSA) is 49.4 Å². The van der Waals surface area contributed by atoms with E-state index in [9.17, 15) is 14.0 Å². The van der Waals surface area contributed by atoms with Gasteiger partial charge in [0.1, 0.15) is 5.82 Å². The van der Waals surface area contributed by atoms with Crippen LogP contribution in [0.15, 0.2) is 24.3 Å². The maximum atomic E-state index is 12.9. The molecule has 0 unspecified atom stereocenters. The van der Waals surface area contributed by atoms with E-state index in [-0.39, 0.29) is 29.5 Å². The Morgan fingerprint density at radius 3 is 2.33 bits per heavy atom. The normalized spacial score (nSPS) is 22.2. The number of nitrogens with one attached hydrogen (secondary N) is 1. The van der Waals surface area contributed by atoms with Crippen molar-refractivity contribution in [2.24, 2.45) is 11.8 Å². The Balaban J connectivity index is 1.57. The first kappa shape index (κ1) is 16.9. The minimum absolute atomic E-state index is 0.0808. The Morgan fingerprint density at radius 1 is 0.958 bits per heavy atom. The summed E-state index contributed by atoms with van der Waals surface area (Å²) in [4.78, 5) is 27.0. The van der Waals surface area contributed by atoms with E-state index in [2.05, 4.69) is 5.32 Å². The van der Waals surface area contributed by atoms with Crippen LogP contribution in [0.25, 0.3) is 0 Å². The molecule has 130 valence electrons. The second-order valence-corrected chi connectivity index (χ2v) is 6.95. The van der Waals surface area contributed by atoms with E-state index in [1.54, 1.807) is 12.1 Å². The lowest BCUT2D eigenvalue weighted by Gasteiger charge is -2.35.